The molecule has 3 rings (SSSR count). The van der Waals surface area contributed by atoms with Crippen molar-refractivity contribution in [3.63, 3.8) is 0 Å². The van der Waals surface area contributed by atoms with Crippen molar-refractivity contribution in [3.05, 3.63) is 87.8 Å². The molecule has 0 aliphatic carbocycles. The lowest BCUT2D eigenvalue weighted by atomic mass is 9.97. The molecular formula is C22H21F3N4O3. The Bertz CT molecular complexity index is 1110. The molecule has 0 saturated heterocycles. The molecule has 10 heteroatoms. The van der Waals surface area contributed by atoms with Crippen LogP contribution in [0.15, 0.2) is 65.5 Å². The summed E-state index contributed by atoms with van der Waals surface area (Å²) in [4.78, 5) is 30.5. The first-order valence-electron chi connectivity index (χ1n) is 9.58. The van der Waals surface area contributed by atoms with E-state index in [9.17, 15) is 27.9 Å². The van der Waals surface area contributed by atoms with Crippen LogP contribution in [-0.2, 0) is 7.05 Å². The number of carbonyl (C=O) groups excluding carboxylic acids is 1. The topological polar surface area (TPSA) is 87.5 Å². The van der Waals surface area contributed by atoms with Gasteiger partial charge in [0.2, 0.25) is 11.7 Å². The summed E-state index contributed by atoms with van der Waals surface area (Å²) >= 11 is 0. The molecule has 3 aromatic rings. The van der Waals surface area contributed by atoms with Crippen LogP contribution in [0.5, 0.6) is 5.75 Å². The van der Waals surface area contributed by atoms with Gasteiger partial charge in [0.1, 0.15) is 6.54 Å². The quantitative estimate of drug-likeness (QED) is 0.608. The van der Waals surface area contributed by atoms with Crippen molar-refractivity contribution in [1.82, 2.24) is 14.9 Å². The average Bonchev–Trinajstić information content (AvgIpc) is 2.77. The highest BCUT2D eigenvalue weighted by Crippen LogP contribution is 2.31. The van der Waals surface area contributed by atoms with Crippen LogP contribution >= 0.6 is 0 Å². The van der Waals surface area contributed by atoms with E-state index in [2.05, 4.69) is 4.98 Å². The van der Waals surface area contributed by atoms with E-state index in [0.29, 0.717) is 0 Å². The summed E-state index contributed by atoms with van der Waals surface area (Å²) in [6.45, 7) is -1.62. The maximum Gasteiger partial charge on any atom is 0.405 e. The van der Waals surface area contributed by atoms with Crippen molar-refractivity contribution < 1.29 is 23.1 Å². The van der Waals surface area contributed by atoms with Gasteiger partial charge in [0.15, 0.2) is 5.69 Å². The summed E-state index contributed by atoms with van der Waals surface area (Å²) in [5, 5.41) is 11.7. The van der Waals surface area contributed by atoms with E-state index in [4.69, 9.17) is 0 Å². The number of hydrogen-bond acceptors (Lipinski definition) is 5. The Morgan fingerprint density at radius 3 is 2.06 bits per heavy atom. The summed E-state index contributed by atoms with van der Waals surface area (Å²) in [6.07, 6.45) is -4.66. The summed E-state index contributed by atoms with van der Waals surface area (Å²) in [5.74, 6) is -2.34. The van der Waals surface area contributed by atoms with Crippen LogP contribution in [0.3, 0.4) is 0 Å². The van der Waals surface area contributed by atoms with Crippen molar-refractivity contribution in [1.29, 1.82) is 0 Å². The highest BCUT2D eigenvalue weighted by atomic mass is 19.4. The number of alkyl halides is 3. The second-order valence-electron chi connectivity index (χ2n) is 7.11. The SMILES string of the molecule is CN(c1nc(C(=O)NCC(F)(F)F)c(O)c(=O)n1C)C(c1ccccc1)c1ccccc1. The summed E-state index contributed by atoms with van der Waals surface area (Å²) in [7, 11) is 2.99. The van der Waals surface area contributed by atoms with Crippen LogP contribution in [0, 0.1) is 0 Å². The Morgan fingerprint density at radius 1 is 1.09 bits per heavy atom. The third-order valence-corrected chi connectivity index (χ3v) is 4.84. The zero-order chi connectivity index (χ0) is 23.5. The minimum atomic E-state index is -4.66. The van der Waals surface area contributed by atoms with Gasteiger partial charge in [0.25, 0.3) is 11.5 Å². The molecule has 2 aromatic carbocycles. The fourth-order valence-electron chi connectivity index (χ4n) is 3.34. The van der Waals surface area contributed by atoms with Gasteiger partial charge in [-0.15, -0.1) is 0 Å². The van der Waals surface area contributed by atoms with E-state index in [1.54, 1.807) is 17.3 Å². The predicted molar refractivity (Wildman–Crippen MR) is 113 cm³/mol. The number of anilines is 1. The number of nitrogens with zero attached hydrogens (tertiary/aromatic N) is 3. The van der Waals surface area contributed by atoms with E-state index in [1.807, 2.05) is 60.7 Å². The van der Waals surface area contributed by atoms with Gasteiger partial charge in [-0.2, -0.15) is 13.2 Å². The molecule has 0 radical (unpaired) electrons. The van der Waals surface area contributed by atoms with Gasteiger partial charge in [0.05, 0.1) is 6.04 Å². The number of hydrogen-bond donors (Lipinski definition) is 2. The van der Waals surface area contributed by atoms with Crippen molar-refractivity contribution in [2.75, 3.05) is 18.5 Å². The van der Waals surface area contributed by atoms with Crippen LogP contribution in [0.25, 0.3) is 0 Å². The number of halogens is 3. The van der Waals surface area contributed by atoms with Crippen molar-refractivity contribution in [3.8, 4) is 5.75 Å². The van der Waals surface area contributed by atoms with Gasteiger partial charge >= 0.3 is 6.18 Å². The van der Waals surface area contributed by atoms with Gasteiger partial charge in [-0.3, -0.25) is 14.2 Å². The molecule has 0 saturated carbocycles. The van der Waals surface area contributed by atoms with Crippen LogP contribution in [0.4, 0.5) is 19.1 Å². The van der Waals surface area contributed by atoms with Gasteiger partial charge in [-0.1, -0.05) is 60.7 Å². The third kappa shape index (κ3) is 4.90. The second kappa shape index (κ2) is 9.13. The van der Waals surface area contributed by atoms with E-state index in [-0.39, 0.29) is 5.95 Å². The summed E-state index contributed by atoms with van der Waals surface area (Å²) < 4.78 is 38.5. The Hall–Kier alpha value is -3.82. The molecule has 0 unspecified atom stereocenters. The Morgan fingerprint density at radius 2 is 1.59 bits per heavy atom. The number of rotatable bonds is 6. The Labute approximate surface area is 181 Å². The smallest absolute Gasteiger partial charge is 0.405 e. The van der Waals surface area contributed by atoms with Gasteiger partial charge < -0.3 is 15.3 Å². The fraction of sp³-hybridized carbons (Fsp3) is 0.227. The van der Waals surface area contributed by atoms with Gasteiger partial charge in [-0.25, -0.2) is 4.98 Å². The van der Waals surface area contributed by atoms with Crippen LogP contribution in [0.2, 0.25) is 0 Å². The monoisotopic (exact) mass is 446 g/mol. The molecule has 1 heterocycles. The molecular weight excluding hydrogens is 425 g/mol. The highest BCUT2D eigenvalue weighted by molar-refractivity contribution is 5.95. The molecule has 1 aromatic heterocycles. The number of benzene rings is 2. The maximum absolute atomic E-state index is 12.6. The molecule has 0 aliphatic rings. The predicted octanol–water partition coefficient (Wildman–Crippen LogP) is 3.00. The first-order chi connectivity index (χ1) is 15.1. The highest BCUT2D eigenvalue weighted by Gasteiger charge is 2.31. The van der Waals surface area contributed by atoms with Gasteiger partial charge in [-0.05, 0) is 11.1 Å². The first-order valence-corrected chi connectivity index (χ1v) is 9.58. The molecule has 32 heavy (non-hydrogen) atoms. The lowest BCUT2D eigenvalue weighted by molar-refractivity contribution is -0.123. The number of aromatic nitrogens is 2. The molecule has 168 valence electrons. The fourth-order valence-corrected chi connectivity index (χ4v) is 3.34. The number of nitrogens with one attached hydrogen (secondary N) is 1. The van der Waals surface area contributed by atoms with Gasteiger partial charge in [0, 0.05) is 14.1 Å². The lowest BCUT2D eigenvalue weighted by Gasteiger charge is -2.31. The molecule has 0 aliphatic heterocycles. The zero-order valence-corrected chi connectivity index (χ0v) is 17.3. The molecule has 7 nitrogen and oxygen atoms in total. The zero-order valence-electron chi connectivity index (χ0n) is 17.3. The number of carbonyl (C=O) groups is 1. The normalized spacial score (nSPS) is 11.4. The minimum absolute atomic E-state index is 0.0114. The largest absolute Gasteiger partial charge is 0.501 e. The van der Waals surface area contributed by atoms with Crippen LogP contribution in [-0.4, -0.2) is 40.3 Å². The van der Waals surface area contributed by atoms with Crippen molar-refractivity contribution in [2.45, 2.75) is 12.2 Å². The molecule has 0 fully saturated rings. The molecule has 2 N–H and O–H groups in total. The molecule has 1 amide bonds. The lowest BCUT2D eigenvalue weighted by Crippen LogP contribution is -2.37. The molecule has 0 atom stereocenters. The first kappa shape index (κ1) is 22.9. The Balaban J connectivity index is 2.09. The molecule has 0 spiro atoms. The van der Waals surface area contributed by atoms with E-state index < -0.39 is 41.7 Å². The third-order valence-electron chi connectivity index (χ3n) is 4.84. The Kier molecular flexibility index (Phi) is 6.52. The maximum atomic E-state index is 12.6. The summed E-state index contributed by atoms with van der Waals surface area (Å²) in [5.41, 5.74) is -0.0313. The number of aromatic hydroxyl groups is 1. The van der Waals surface area contributed by atoms with Crippen LogP contribution in [0.1, 0.15) is 27.7 Å². The standard InChI is InChI=1S/C22H21F3N4O3/c1-28(17(14-9-5-3-6-10-14)15-11-7-4-8-12-15)21-27-16(18(30)20(32)29(21)2)19(31)26-13-22(23,24)25/h3-12,17,30H,13H2,1-2H3,(H,26,31). The second-order valence-corrected chi connectivity index (χ2v) is 7.11. The van der Waals surface area contributed by atoms with Crippen LogP contribution < -0.4 is 15.8 Å². The number of amides is 1. The van der Waals surface area contributed by atoms with Crippen molar-refractivity contribution in [2.24, 2.45) is 7.05 Å². The van der Waals surface area contributed by atoms with Crippen molar-refractivity contribution >= 4 is 11.9 Å². The van der Waals surface area contributed by atoms with E-state index >= 15 is 0 Å². The minimum Gasteiger partial charge on any atom is -0.501 e. The summed E-state index contributed by atoms with van der Waals surface area (Å²) in [6, 6.07) is 18.2. The van der Waals surface area contributed by atoms with E-state index in [1.165, 1.54) is 7.05 Å². The molecule has 0 bridgehead atoms. The van der Waals surface area contributed by atoms with E-state index in [0.717, 1.165) is 15.7 Å². The average molecular weight is 446 g/mol.